The van der Waals surface area contributed by atoms with Crippen molar-refractivity contribution < 1.29 is 14.2 Å². The lowest BCUT2D eigenvalue weighted by molar-refractivity contribution is -0.384. The number of nitrogens with one attached hydrogen (secondary N) is 1. The first kappa shape index (κ1) is 16.5. The molecule has 0 saturated carbocycles. The van der Waals surface area contributed by atoms with E-state index in [0.29, 0.717) is 18.0 Å². The molecule has 0 bridgehead atoms. The van der Waals surface area contributed by atoms with Crippen molar-refractivity contribution in [3.63, 3.8) is 0 Å². The molecule has 0 aliphatic carbocycles. The fourth-order valence-electron chi connectivity index (χ4n) is 2.11. The fraction of sp³-hybridized carbons (Fsp3) is 0.333. The third-order valence-corrected chi connectivity index (χ3v) is 3.60. The van der Waals surface area contributed by atoms with E-state index in [1.807, 2.05) is 6.92 Å². The van der Waals surface area contributed by atoms with Crippen LogP contribution in [0.4, 0.5) is 16.2 Å². The molecule has 8 heteroatoms. The van der Waals surface area contributed by atoms with E-state index >= 15 is 0 Å². The Hall–Kier alpha value is -2.90. The molecule has 2 rings (SSSR count). The number of benzene rings is 1. The highest BCUT2D eigenvalue weighted by Gasteiger charge is 2.17. The number of anilines is 1. The van der Waals surface area contributed by atoms with Crippen molar-refractivity contribution in [2.24, 2.45) is 0 Å². The molecule has 8 nitrogen and oxygen atoms in total. The predicted octanol–water partition coefficient (Wildman–Crippen LogP) is 3.17. The van der Waals surface area contributed by atoms with E-state index in [1.165, 1.54) is 17.0 Å². The van der Waals surface area contributed by atoms with Gasteiger partial charge in [-0.2, -0.15) is 0 Å². The van der Waals surface area contributed by atoms with Gasteiger partial charge in [-0.3, -0.25) is 10.1 Å². The quantitative estimate of drug-likeness (QED) is 0.689. The Morgan fingerprint density at radius 3 is 2.65 bits per heavy atom. The smallest absolute Gasteiger partial charge is 0.321 e. The maximum atomic E-state index is 12.3. The zero-order chi connectivity index (χ0) is 17.1. The van der Waals surface area contributed by atoms with Crippen molar-refractivity contribution in [1.29, 1.82) is 0 Å². The van der Waals surface area contributed by atoms with Crippen LogP contribution in [0.1, 0.15) is 22.6 Å². The van der Waals surface area contributed by atoms with Gasteiger partial charge in [0, 0.05) is 24.7 Å². The topological polar surface area (TPSA) is 102 Å². The molecule has 1 N–H and O–H groups in total. The van der Waals surface area contributed by atoms with Crippen LogP contribution < -0.4 is 5.32 Å². The lowest BCUT2D eigenvalue weighted by Crippen LogP contribution is -2.31. The molecule has 0 aliphatic rings. The Labute approximate surface area is 133 Å². The highest BCUT2D eigenvalue weighted by atomic mass is 16.6. The van der Waals surface area contributed by atoms with Crippen LogP contribution in [0, 0.1) is 30.9 Å². The summed E-state index contributed by atoms with van der Waals surface area (Å²) in [6.07, 6.45) is 0. The number of hydrogen-bond acceptors (Lipinski definition) is 5. The average Bonchev–Trinajstić information content (AvgIpc) is 2.80. The minimum absolute atomic E-state index is 0.0701. The molecule has 2 aromatic rings. The summed E-state index contributed by atoms with van der Waals surface area (Å²) < 4.78 is 5.07. The minimum atomic E-state index is -0.497. The molecule has 1 aromatic heterocycles. The molecular weight excluding hydrogens is 300 g/mol. The van der Waals surface area contributed by atoms with E-state index in [9.17, 15) is 14.9 Å². The molecule has 0 fully saturated rings. The Bertz CT molecular complexity index is 734. The zero-order valence-corrected chi connectivity index (χ0v) is 13.4. The number of aromatic nitrogens is 1. The molecular formula is C15H18N4O4. The standard InChI is InChI=1S/C15H18N4O4/c1-9-5-6-12(19(21)22)7-14(9)16-15(20)18(4)8-13-10(2)17-23-11(13)3/h5-7H,8H2,1-4H3,(H,16,20). The number of aryl methyl sites for hydroxylation is 3. The van der Waals surface area contributed by atoms with Crippen LogP contribution in [0.3, 0.4) is 0 Å². The Balaban J connectivity index is 2.12. The molecule has 0 saturated heterocycles. The number of rotatable bonds is 4. The summed E-state index contributed by atoms with van der Waals surface area (Å²) in [6.45, 7) is 5.70. The summed E-state index contributed by atoms with van der Waals surface area (Å²) in [4.78, 5) is 24.1. The number of nitro benzene ring substituents is 1. The average molecular weight is 318 g/mol. The molecule has 0 spiro atoms. The van der Waals surface area contributed by atoms with Gasteiger partial charge in [0.2, 0.25) is 0 Å². The van der Waals surface area contributed by atoms with Gasteiger partial charge >= 0.3 is 6.03 Å². The lowest BCUT2D eigenvalue weighted by atomic mass is 10.2. The molecule has 0 aliphatic heterocycles. The van der Waals surface area contributed by atoms with E-state index in [2.05, 4.69) is 10.5 Å². The van der Waals surface area contributed by atoms with Crippen LogP contribution in [0.25, 0.3) is 0 Å². The van der Waals surface area contributed by atoms with E-state index in [4.69, 9.17) is 4.52 Å². The predicted molar refractivity (Wildman–Crippen MR) is 84.3 cm³/mol. The van der Waals surface area contributed by atoms with Gasteiger partial charge < -0.3 is 14.7 Å². The van der Waals surface area contributed by atoms with Crippen LogP contribution >= 0.6 is 0 Å². The number of amides is 2. The minimum Gasteiger partial charge on any atom is -0.361 e. The van der Waals surface area contributed by atoms with Crippen molar-refractivity contribution in [3.05, 3.63) is 50.9 Å². The third-order valence-electron chi connectivity index (χ3n) is 3.60. The summed E-state index contributed by atoms with van der Waals surface area (Å²) >= 11 is 0. The number of carbonyl (C=O) groups excluding carboxylic acids is 1. The molecule has 0 atom stereocenters. The van der Waals surface area contributed by atoms with Crippen LogP contribution in [0.2, 0.25) is 0 Å². The summed E-state index contributed by atoms with van der Waals surface area (Å²) in [7, 11) is 1.63. The lowest BCUT2D eigenvalue weighted by Gasteiger charge is -2.18. The van der Waals surface area contributed by atoms with E-state index in [0.717, 1.165) is 16.8 Å². The second kappa shape index (κ2) is 6.47. The first-order chi connectivity index (χ1) is 10.8. The monoisotopic (exact) mass is 318 g/mol. The highest BCUT2D eigenvalue weighted by Crippen LogP contribution is 2.22. The number of carbonyl (C=O) groups is 1. The second-order valence-electron chi connectivity index (χ2n) is 5.35. The third kappa shape index (κ3) is 3.65. The van der Waals surface area contributed by atoms with Gasteiger partial charge in [-0.25, -0.2) is 4.79 Å². The van der Waals surface area contributed by atoms with E-state index in [1.54, 1.807) is 27.0 Å². The molecule has 1 heterocycles. The van der Waals surface area contributed by atoms with Crippen molar-refractivity contribution in [1.82, 2.24) is 10.1 Å². The van der Waals surface area contributed by atoms with Crippen molar-refractivity contribution in [3.8, 4) is 0 Å². The number of hydrogen-bond donors (Lipinski definition) is 1. The maximum Gasteiger partial charge on any atom is 0.321 e. The molecule has 0 radical (unpaired) electrons. The molecule has 23 heavy (non-hydrogen) atoms. The first-order valence-electron chi connectivity index (χ1n) is 6.98. The number of nitro groups is 1. The Kier molecular flexibility index (Phi) is 4.63. The first-order valence-corrected chi connectivity index (χ1v) is 6.98. The largest absolute Gasteiger partial charge is 0.361 e. The second-order valence-corrected chi connectivity index (χ2v) is 5.35. The Morgan fingerprint density at radius 2 is 2.09 bits per heavy atom. The summed E-state index contributed by atoms with van der Waals surface area (Å²) in [5.74, 6) is 0.661. The van der Waals surface area contributed by atoms with Crippen molar-refractivity contribution >= 4 is 17.4 Å². The number of urea groups is 1. The van der Waals surface area contributed by atoms with E-state index < -0.39 is 4.92 Å². The fourth-order valence-corrected chi connectivity index (χ4v) is 2.11. The molecule has 1 aromatic carbocycles. The normalized spacial score (nSPS) is 10.4. The number of nitrogens with zero attached hydrogens (tertiary/aromatic N) is 3. The number of non-ortho nitro benzene ring substituents is 1. The Morgan fingerprint density at radius 1 is 1.39 bits per heavy atom. The van der Waals surface area contributed by atoms with Gasteiger partial charge in [0.15, 0.2) is 0 Å². The van der Waals surface area contributed by atoms with Gasteiger partial charge in [-0.15, -0.1) is 0 Å². The zero-order valence-electron chi connectivity index (χ0n) is 13.4. The van der Waals surface area contributed by atoms with Gasteiger partial charge in [-0.05, 0) is 26.3 Å². The van der Waals surface area contributed by atoms with Crippen molar-refractivity contribution in [2.75, 3.05) is 12.4 Å². The van der Waals surface area contributed by atoms with E-state index in [-0.39, 0.29) is 11.7 Å². The van der Waals surface area contributed by atoms with Gasteiger partial charge in [0.25, 0.3) is 5.69 Å². The van der Waals surface area contributed by atoms with Gasteiger partial charge in [-0.1, -0.05) is 11.2 Å². The van der Waals surface area contributed by atoms with Crippen LogP contribution in [-0.4, -0.2) is 28.1 Å². The summed E-state index contributed by atoms with van der Waals surface area (Å²) in [5, 5.41) is 17.4. The molecule has 0 unspecified atom stereocenters. The summed E-state index contributed by atoms with van der Waals surface area (Å²) in [5.41, 5.74) is 2.66. The molecule has 122 valence electrons. The van der Waals surface area contributed by atoms with Crippen LogP contribution in [-0.2, 0) is 6.54 Å². The highest BCUT2D eigenvalue weighted by molar-refractivity contribution is 5.90. The maximum absolute atomic E-state index is 12.3. The SMILES string of the molecule is Cc1ccc([N+](=O)[O-])cc1NC(=O)N(C)Cc1c(C)noc1C. The van der Waals surface area contributed by atoms with Gasteiger partial charge in [0.05, 0.1) is 22.8 Å². The molecule has 2 amide bonds. The summed E-state index contributed by atoms with van der Waals surface area (Å²) in [6, 6.07) is 3.98. The van der Waals surface area contributed by atoms with Crippen molar-refractivity contribution in [2.45, 2.75) is 27.3 Å². The van der Waals surface area contributed by atoms with Gasteiger partial charge in [0.1, 0.15) is 5.76 Å². The van der Waals surface area contributed by atoms with Crippen LogP contribution in [0.15, 0.2) is 22.7 Å². The van der Waals surface area contributed by atoms with Crippen LogP contribution in [0.5, 0.6) is 0 Å².